The number of piperidine rings is 1. The van der Waals surface area contributed by atoms with E-state index >= 15 is 0 Å². The smallest absolute Gasteiger partial charge is 0.309 e. The van der Waals surface area contributed by atoms with Gasteiger partial charge < -0.3 is 10.0 Å². The Morgan fingerprint density at radius 2 is 2.00 bits per heavy atom. The molecule has 1 aromatic heterocycles. The van der Waals surface area contributed by atoms with Gasteiger partial charge in [-0.25, -0.2) is 0 Å². The van der Waals surface area contributed by atoms with Crippen LogP contribution in [-0.4, -0.2) is 45.2 Å². The van der Waals surface area contributed by atoms with Gasteiger partial charge in [0.15, 0.2) is 10.8 Å². The average Bonchev–Trinajstić information content (AvgIpc) is 2.48. The molecule has 0 aliphatic carbocycles. The molecular formula is C14H18ClN3O3. The number of rotatable bonds is 4. The van der Waals surface area contributed by atoms with Crippen LogP contribution >= 0.6 is 11.6 Å². The van der Waals surface area contributed by atoms with Crippen LogP contribution in [0.15, 0.2) is 12.1 Å². The molecule has 1 N–H and O–H groups in total. The maximum atomic E-state index is 12.3. The Morgan fingerprint density at radius 1 is 1.33 bits per heavy atom. The molecule has 1 amide bonds. The van der Waals surface area contributed by atoms with Crippen molar-refractivity contribution in [3.8, 4) is 0 Å². The molecule has 7 heteroatoms. The maximum Gasteiger partial charge on any atom is 0.309 e. The molecule has 0 radical (unpaired) electrons. The summed E-state index contributed by atoms with van der Waals surface area (Å²) in [4.78, 5) is 25.4. The van der Waals surface area contributed by atoms with E-state index < -0.39 is 11.4 Å². The van der Waals surface area contributed by atoms with Gasteiger partial charge in [0, 0.05) is 13.1 Å². The van der Waals surface area contributed by atoms with Crippen LogP contribution < -0.4 is 0 Å². The lowest BCUT2D eigenvalue weighted by molar-refractivity contribution is -0.152. The third kappa shape index (κ3) is 3.32. The Hall–Kier alpha value is -1.69. The second-order valence-corrected chi connectivity index (χ2v) is 5.76. The topological polar surface area (TPSA) is 83.4 Å². The van der Waals surface area contributed by atoms with Gasteiger partial charge in [-0.15, -0.1) is 10.2 Å². The first kappa shape index (κ1) is 15.7. The zero-order chi connectivity index (χ0) is 15.5. The van der Waals surface area contributed by atoms with Gasteiger partial charge in [0.05, 0.1) is 5.41 Å². The highest BCUT2D eigenvalue weighted by Gasteiger charge is 2.41. The maximum absolute atomic E-state index is 12.3. The Balaban J connectivity index is 2.04. The number of nitrogens with zero attached hydrogens (tertiary/aromatic N) is 3. The molecule has 21 heavy (non-hydrogen) atoms. The summed E-state index contributed by atoms with van der Waals surface area (Å²) in [5.41, 5.74) is -0.463. The molecule has 114 valence electrons. The summed E-state index contributed by atoms with van der Waals surface area (Å²) in [5, 5.41) is 17.1. The first-order chi connectivity index (χ1) is 9.98. The third-order valence-electron chi connectivity index (χ3n) is 4.04. The lowest BCUT2D eigenvalue weighted by Gasteiger charge is -2.38. The number of hydrogen-bond donors (Lipinski definition) is 1. The fraction of sp³-hybridized carbons (Fsp3) is 0.571. The van der Waals surface area contributed by atoms with E-state index in [1.807, 2.05) is 6.92 Å². The van der Waals surface area contributed by atoms with E-state index in [-0.39, 0.29) is 16.8 Å². The van der Waals surface area contributed by atoms with Gasteiger partial charge in [0.1, 0.15) is 0 Å². The lowest BCUT2D eigenvalue weighted by Crippen LogP contribution is -2.46. The minimum absolute atomic E-state index is 0.227. The fourth-order valence-electron chi connectivity index (χ4n) is 2.78. The van der Waals surface area contributed by atoms with Crippen LogP contribution in [0.2, 0.25) is 5.15 Å². The van der Waals surface area contributed by atoms with E-state index in [2.05, 4.69) is 10.2 Å². The summed E-state index contributed by atoms with van der Waals surface area (Å²) in [5.74, 6) is -0.989. The third-order valence-corrected chi connectivity index (χ3v) is 4.24. The van der Waals surface area contributed by atoms with Crippen LogP contribution in [0.25, 0.3) is 0 Å². The fourth-order valence-corrected chi connectivity index (χ4v) is 2.88. The number of hydrogen-bond acceptors (Lipinski definition) is 4. The highest BCUT2D eigenvalue weighted by Crippen LogP contribution is 2.36. The van der Waals surface area contributed by atoms with Crippen LogP contribution in [0.1, 0.15) is 43.1 Å². The number of aromatic nitrogens is 2. The molecule has 1 aliphatic rings. The number of likely N-dealkylation sites (tertiary alicyclic amines) is 1. The lowest BCUT2D eigenvalue weighted by atomic mass is 9.75. The molecule has 2 rings (SSSR count). The molecule has 6 nitrogen and oxygen atoms in total. The highest BCUT2D eigenvalue weighted by molar-refractivity contribution is 6.29. The molecule has 2 heterocycles. The number of carbonyl (C=O) groups is 2. The minimum atomic E-state index is -0.761. The summed E-state index contributed by atoms with van der Waals surface area (Å²) in [7, 11) is 0. The van der Waals surface area contributed by atoms with E-state index in [0.717, 1.165) is 6.42 Å². The first-order valence-electron chi connectivity index (χ1n) is 7.00. The van der Waals surface area contributed by atoms with Gasteiger partial charge in [-0.2, -0.15) is 0 Å². The molecule has 1 fully saturated rings. The van der Waals surface area contributed by atoms with Gasteiger partial charge >= 0.3 is 5.97 Å². The van der Waals surface area contributed by atoms with Crippen LogP contribution in [-0.2, 0) is 4.79 Å². The standard InChI is InChI=1S/C14H18ClN3O3/c1-2-5-14(13(20)21)6-8-18(9-7-14)12(19)10-3-4-11(15)17-16-10/h3-4H,2,5-9H2,1H3,(H,20,21). The summed E-state index contributed by atoms with van der Waals surface area (Å²) >= 11 is 5.65. The Kier molecular flexibility index (Phi) is 4.77. The van der Waals surface area contributed by atoms with Crippen molar-refractivity contribution in [2.45, 2.75) is 32.6 Å². The molecule has 1 saturated heterocycles. The van der Waals surface area contributed by atoms with Crippen LogP contribution in [0.5, 0.6) is 0 Å². The van der Waals surface area contributed by atoms with E-state index in [1.165, 1.54) is 12.1 Å². The number of carbonyl (C=O) groups excluding carboxylic acids is 1. The molecule has 0 aromatic carbocycles. The first-order valence-corrected chi connectivity index (χ1v) is 7.38. The zero-order valence-corrected chi connectivity index (χ0v) is 12.6. The summed E-state index contributed by atoms with van der Waals surface area (Å²) in [6.45, 7) is 2.83. The minimum Gasteiger partial charge on any atom is -0.481 e. The highest BCUT2D eigenvalue weighted by atomic mass is 35.5. The molecule has 0 atom stereocenters. The SMILES string of the molecule is CCCC1(C(=O)O)CCN(C(=O)c2ccc(Cl)nn2)CC1. The van der Waals surface area contributed by atoms with Crippen LogP contribution in [0.4, 0.5) is 0 Å². The molecule has 0 saturated carbocycles. The van der Waals surface area contributed by atoms with E-state index in [9.17, 15) is 14.7 Å². The van der Waals surface area contributed by atoms with Crippen LogP contribution in [0, 0.1) is 5.41 Å². The van der Waals surface area contributed by atoms with Gasteiger partial charge in [-0.1, -0.05) is 24.9 Å². The monoisotopic (exact) mass is 311 g/mol. The van der Waals surface area contributed by atoms with Crippen molar-refractivity contribution in [3.63, 3.8) is 0 Å². The number of carboxylic acids is 1. The largest absolute Gasteiger partial charge is 0.481 e. The van der Waals surface area contributed by atoms with Gasteiger partial charge in [0.2, 0.25) is 0 Å². The van der Waals surface area contributed by atoms with Crippen molar-refractivity contribution in [1.29, 1.82) is 0 Å². The number of halogens is 1. The van der Waals surface area contributed by atoms with Gasteiger partial charge in [-0.3, -0.25) is 9.59 Å². The number of aliphatic carboxylic acids is 1. The van der Waals surface area contributed by atoms with E-state index in [4.69, 9.17) is 11.6 Å². The molecular weight excluding hydrogens is 294 g/mol. The Morgan fingerprint density at radius 3 is 2.48 bits per heavy atom. The molecule has 1 aliphatic heterocycles. The van der Waals surface area contributed by atoms with Gasteiger partial charge in [-0.05, 0) is 31.4 Å². The Labute approximate surface area is 128 Å². The average molecular weight is 312 g/mol. The van der Waals surface area contributed by atoms with Crippen molar-refractivity contribution >= 4 is 23.5 Å². The quantitative estimate of drug-likeness (QED) is 0.922. The summed E-state index contributed by atoms with van der Waals surface area (Å²) < 4.78 is 0. The Bertz CT molecular complexity index is 525. The van der Waals surface area contributed by atoms with Crippen LogP contribution in [0.3, 0.4) is 0 Å². The van der Waals surface area contributed by atoms with Crippen molar-refractivity contribution in [2.24, 2.45) is 5.41 Å². The van der Waals surface area contributed by atoms with Crippen molar-refractivity contribution in [1.82, 2.24) is 15.1 Å². The molecule has 1 aromatic rings. The normalized spacial score (nSPS) is 17.5. The second kappa shape index (κ2) is 6.39. The molecule has 0 bridgehead atoms. The van der Waals surface area contributed by atoms with Crippen molar-refractivity contribution in [2.75, 3.05) is 13.1 Å². The predicted molar refractivity (Wildman–Crippen MR) is 77.2 cm³/mol. The van der Waals surface area contributed by atoms with Crippen molar-refractivity contribution in [3.05, 3.63) is 23.0 Å². The molecule has 0 spiro atoms. The summed E-state index contributed by atoms with van der Waals surface area (Å²) in [6.07, 6.45) is 2.42. The van der Waals surface area contributed by atoms with E-state index in [0.29, 0.717) is 32.4 Å². The number of amides is 1. The van der Waals surface area contributed by atoms with Crippen molar-refractivity contribution < 1.29 is 14.7 Å². The van der Waals surface area contributed by atoms with E-state index in [1.54, 1.807) is 4.90 Å². The summed E-state index contributed by atoms with van der Waals surface area (Å²) in [6, 6.07) is 3.05. The zero-order valence-electron chi connectivity index (χ0n) is 11.9. The van der Waals surface area contributed by atoms with Gasteiger partial charge in [0.25, 0.3) is 5.91 Å². The molecule has 0 unspecified atom stereocenters. The predicted octanol–water partition coefficient (Wildman–Crippen LogP) is 2.24. The second-order valence-electron chi connectivity index (χ2n) is 5.37. The number of carboxylic acid groups (broad SMARTS) is 1.